The van der Waals surface area contributed by atoms with Crippen LogP contribution in [0.5, 0.6) is 0 Å². The minimum atomic E-state index is 1.03. The summed E-state index contributed by atoms with van der Waals surface area (Å²) in [5.41, 5.74) is 0. The molecule has 94 valence electrons. The van der Waals surface area contributed by atoms with E-state index >= 15 is 0 Å². The molecule has 2 nitrogen and oxygen atoms in total. The lowest BCUT2D eigenvalue weighted by molar-refractivity contribution is 0.123. The van der Waals surface area contributed by atoms with Gasteiger partial charge in [-0.1, -0.05) is 18.9 Å². The Bertz CT molecular complexity index is 172. The smallest absolute Gasteiger partial charge is 0.00919 e. The van der Waals surface area contributed by atoms with Crippen molar-refractivity contribution in [2.45, 2.75) is 32.6 Å². The molecular weight excluding hydrogens is 216 g/mol. The first-order valence-electron chi connectivity index (χ1n) is 6.85. The quantitative estimate of drug-likeness (QED) is 0.703. The number of piperidine rings is 2. The standard InChI is InChI=1S/C13H26N2S/c1-3-14-8-4-12(5-9-14)13-6-10-15(16-2)11-7-13/h12-13H,3-11H2,1-2H3. The van der Waals surface area contributed by atoms with E-state index in [1.807, 2.05) is 11.9 Å². The van der Waals surface area contributed by atoms with Gasteiger partial charge in [0.15, 0.2) is 0 Å². The average molecular weight is 242 g/mol. The first kappa shape index (κ1) is 12.7. The molecule has 0 aliphatic carbocycles. The largest absolute Gasteiger partial charge is 0.304 e. The molecular formula is C13H26N2S. The predicted octanol–water partition coefficient (Wildman–Crippen LogP) is 2.71. The van der Waals surface area contributed by atoms with Crippen LogP contribution >= 0.6 is 11.9 Å². The van der Waals surface area contributed by atoms with Crippen LogP contribution in [0.2, 0.25) is 0 Å². The molecule has 0 saturated carbocycles. The van der Waals surface area contributed by atoms with Crippen molar-refractivity contribution in [1.82, 2.24) is 9.21 Å². The van der Waals surface area contributed by atoms with E-state index in [1.54, 1.807) is 0 Å². The van der Waals surface area contributed by atoms with Crippen molar-refractivity contribution in [1.29, 1.82) is 0 Å². The number of hydrogen-bond acceptors (Lipinski definition) is 3. The molecule has 3 heteroatoms. The van der Waals surface area contributed by atoms with Crippen LogP contribution < -0.4 is 0 Å². The van der Waals surface area contributed by atoms with Gasteiger partial charge < -0.3 is 4.90 Å². The van der Waals surface area contributed by atoms with E-state index in [2.05, 4.69) is 22.4 Å². The Kier molecular flexibility index (Phi) is 4.98. The summed E-state index contributed by atoms with van der Waals surface area (Å²) in [5, 5.41) is 0. The van der Waals surface area contributed by atoms with Crippen molar-refractivity contribution in [3.05, 3.63) is 0 Å². The van der Waals surface area contributed by atoms with Crippen LogP contribution in [0, 0.1) is 11.8 Å². The summed E-state index contributed by atoms with van der Waals surface area (Å²) in [4.78, 5) is 2.60. The summed E-state index contributed by atoms with van der Waals surface area (Å²) >= 11 is 1.92. The molecule has 2 saturated heterocycles. The van der Waals surface area contributed by atoms with Gasteiger partial charge in [-0.15, -0.1) is 0 Å². The Hall–Kier alpha value is 0.270. The summed E-state index contributed by atoms with van der Waals surface area (Å²) in [6, 6.07) is 0. The first-order valence-corrected chi connectivity index (χ1v) is 8.03. The molecule has 0 aromatic carbocycles. The van der Waals surface area contributed by atoms with E-state index in [4.69, 9.17) is 0 Å². The normalized spacial score (nSPS) is 27.4. The topological polar surface area (TPSA) is 6.48 Å². The van der Waals surface area contributed by atoms with Crippen molar-refractivity contribution < 1.29 is 0 Å². The van der Waals surface area contributed by atoms with Crippen LogP contribution in [-0.4, -0.2) is 48.2 Å². The van der Waals surface area contributed by atoms with E-state index in [9.17, 15) is 0 Å². The minimum Gasteiger partial charge on any atom is -0.304 e. The number of hydrogen-bond donors (Lipinski definition) is 0. The Morgan fingerprint density at radius 2 is 1.44 bits per heavy atom. The van der Waals surface area contributed by atoms with Gasteiger partial charge in [-0.3, -0.25) is 4.31 Å². The molecule has 0 amide bonds. The number of rotatable bonds is 3. The molecule has 2 rings (SSSR count). The monoisotopic (exact) mass is 242 g/mol. The van der Waals surface area contributed by atoms with Gasteiger partial charge in [0.1, 0.15) is 0 Å². The molecule has 2 aliphatic heterocycles. The van der Waals surface area contributed by atoms with Gasteiger partial charge in [0.2, 0.25) is 0 Å². The molecule has 0 aromatic rings. The predicted molar refractivity (Wildman–Crippen MR) is 72.7 cm³/mol. The van der Waals surface area contributed by atoms with Gasteiger partial charge in [0.25, 0.3) is 0 Å². The zero-order chi connectivity index (χ0) is 11.4. The SMILES string of the molecule is CCN1CCC(C2CCN(SC)CC2)CC1. The van der Waals surface area contributed by atoms with E-state index in [-0.39, 0.29) is 0 Å². The second kappa shape index (κ2) is 6.27. The molecule has 0 spiro atoms. The molecule has 16 heavy (non-hydrogen) atoms. The Balaban J connectivity index is 1.73. The zero-order valence-electron chi connectivity index (χ0n) is 10.8. The van der Waals surface area contributed by atoms with Crippen LogP contribution in [0.4, 0.5) is 0 Å². The van der Waals surface area contributed by atoms with Gasteiger partial charge in [0.05, 0.1) is 0 Å². The number of nitrogens with zero attached hydrogens (tertiary/aromatic N) is 2. The van der Waals surface area contributed by atoms with Crippen molar-refractivity contribution in [3.63, 3.8) is 0 Å². The summed E-state index contributed by atoms with van der Waals surface area (Å²) < 4.78 is 2.53. The van der Waals surface area contributed by atoms with Crippen LogP contribution in [0.3, 0.4) is 0 Å². The lowest BCUT2D eigenvalue weighted by Gasteiger charge is -2.39. The Labute approximate surface area is 105 Å². The third-order valence-corrected chi connectivity index (χ3v) is 5.38. The van der Waals surface area contributed by atoms with E-state index in [1.165, 1.54) is 58.4 Å². The van der Waals surface area contributed by atoms with E-state index in [0.29, 0.717) is 0 Å². The molecule has 0 N–H and O–H groups in total. The molecule has 0 radical (unpaired) electrons. The summed E-state index contributed by atoms with van der Waals surface area (Å²) in [7, 11) is 0. The second-order valence-electron chi connectivity index (χ2n) is 5.22. The summed E-state index contributed by atoms with van der Waals surface area (Å²) in [5.74, 6) is 2.06. The molecule has 2 heterocycles. The average Bonchev–Trinajstić information content (AvgIpc) is 2.39. The Morgan fingerprint density at radius 3 is 1.88 bits per heavy atom. The fourth-order valence-corrected chi connectivity index (χ4v) is 3.85. The maximum Gasteiger partial charge on any atom is 0.00919 e. The molecule has 2 aliphatic rings. The molecule has 0 aromatic heterocycles. The maximum absolute atomic E-state index is 2.60. The van der Waals surface area contributed by atoms with Crippen LogP contribution in [0.15, 0.2) is 0 Å². The highest BCUT2D eigenvalue weighted by Gasteiger charge is 2.28. The van der Waals surface area contributed by atoms with Gasteiger partial charge in [-0.05, 0) is 63.4 Å². The van der Waals surface area contributed by atoms with Gasteiger partial charge >= 0.3 is 0 Å². The highest BCUT2D eigenvalue weighted by molar-refractivity contribution is 7.96. The summed E-state index contributed by atoms with van der Waals surface area (Å²) in [6.45, 7) is 8.88. The Morgan fingerprint density at radius 1 is 0.938 bits per heavy atom. The fraction of sp³-hybridized carbons (Fsp3) is 1.00. The maximum atomic E-state index is 2.60. The third-order valence-electron chi connectivity index (χ3n) is 4.50. The van der Waals surface area contributed by atoms with Crippen molar-refractivity contribution in [2.24, 2.45) is 11.8 Å². The van der Waals surface area contributed by atoms with Gasteiger partial charge in [-0.2, -0.15) is 0 Å². The van der Waals surface area contributed by atoms with Gasteiger partial charge in [-0.25, -0.2) is 0 Å². The fourth-order valence-electron chi connectivity index (χ4n) is 3.27. The summed E-state index contributed by atoms with van der Waals surface area (Å²) in [6.07, 6.45) is 8.00. The van der Waals surface area contributed by atoms with Crippen molar-refractivity contribution in [2.75, 3.05) is 39.0 Å². The first-order chi connectivity index (χ1) is 7.83. The highest BCUT2D eigenvalue weighted by Crippen LogP contribution is 2.33. The second-order valence-corrected chi connectivity index (χ2v) is 6.10. The van der Waals surface area contributed by atoms with E-state index in [0.717, 1.165) is 11.8 Å². The van der Waals surface area contributed by atoms with E-state index < -0.39 is 0 Å². The molecule has 2 fully saturated rings. The molecule has 0 atom stereocenters. The lowest BCUT2D eigenvalue weighted by Crippen LogP contribution is -2.39. The van der Waals surface area contributed by atoms with Crippen LogP contribution in [-0.2, 0) is 0 Å². The number of likely N-dealkylation sites (tertiary alicyclic amines) is 1. The third kappa shape index (κ3) is 3.14. The minimum absolute atomic E-state index is 1.03. The van der Waals surface area contributed by atoms with Crippen LogP contribution in [0.25, 0.3) is 0 Å². The van der Waals surface area contributed by atoms with Crippen LogP contribution in [0.1, 0.15) is 32.6 Å². The van der Waals surface area contributed by atoms with Gasteiger partial charge in [0, 0.05) is 13.1 Å². The molecule has 0 bridgehead atoms. The highest BCUT2D eigenvalue weighted by atomic mass is 32.2. The van der Waals surface area contributed by atoms with Crippen molar-refractivity contribution >= 4 is 11.9 Å². The zero-order valence-corrected chi connectivity index (χ0v) is 11.6. The van der Waals surface area contributed by atoms with Crippen molar-refractivity contribution in [3.8, 4) is 0 Å². The lowest BCUT2D eigenvalue weighted by atomic mass is 9.79. The molecule has 0 unspecified atom stereocenters.